The van der Waals surface area contributed by atoms with Crippen LogP contribution in [0.2, 0.25) is 0 Å². The number of nitrogens with one attached hydrogen (secondary N) is 1. The van der Waals surface area contributed by atoms with E-state index in [1.165, 1.54) is 36.6 Å². The van der Waals surface area contributed by atoms with Crippen LogP contribution in [0, 0.1) is 5.82 Å². The molecule has 6 nitrogen and oxygen atoms in total. The number of carbonyl (C=O) groups is 2. The monoisotopic (exact) mass is 342 g/mol. The molecule has 1 aliphatic rings. The van der Waals surface area contributed by atoms with Crippen molar-refractivity contribution in [3.8, 4) is 0 Å². The minimum atomic E-state index is -1.20. The summed E-state index contributed by atoms with van der Waals surface area (Å²) in [5.41, 5.74) is -0.469. The number of benzene rings is 1. The molecule has 25 heavy (non-hydrogen) atoms. The van der Waals surface area contributed by atoms with Gasteiger partial charge in [0.2, 0.25) is 5.91 Å². The first kappa shape index (κ1) is 17.0. The lowest BCUT2D eigenvalue weighted by molar-refractivity contribution is -0.145. The lowest BCUT2D eigenvalue weighted by Crippen LogP contribution is -2.55. The molecule has 0 spiro atoms. The van der Waals surface area contributed by atoms with Gasteiger partial charge in [0.25, 0.3) is 5.91 Å². The first-order chi connectivity index (χ1) is 12.1. The van der Waals surface area contributed by atoms with Crippen molar-refractivity contribution in [3.63, 3.8) is 0 Å². The Kier molecular flexibility index (Phi) is 4.74. The summed E-state index contributed by atoms with van der Waals surface area (Å²) in [6, 6.07) is 6.16. The first-order valence-corrected chi connectivity index (χ1v) is 8.12. The molecule has 0 unspecified atom stereocenters. The van der Waals surface area contributed by atoms with Crippen LogP contribution >= 0.6 is 0 Å². The van der Waals surface area contributed by atoms with Gasteiger partial charge < -0.3 is 10.2 Å². The molecule has 1 aromatic carbocycles. The van der Waals surface area contributed by atoms with Crippen molar-refractivity contribution in [2.45, 2.75) is 24.8 Å². The quantitative estimate of drug-likeness (QED) is 0.912. The highest BCUT2D eigenvalue weighted by Crippen LogP contribution is 2.38. The van der Waals surface area contributed by atoms with E-state index < -0.39 is 11.4 Å². The van der Waals surface area contributed by atoms with Crippen molar-refractivity contribution >= 4 is 11.8 Å². The lowest BCUT2D eigenvalue weighted by atomic mass is 9.90. The van der Waals surface area contributed by atoms with Gasteiger partial charge >= 0.3 is 0 Å². The van der Waals surface area contributed by atoms with E-state index >= 15 is 0 Å². The Morgan fingerprint density at radius 3 is 2.80 bits per heavy atom. The van der Waals surface area contributed by atoms with E-state index in [-0.39, 0.29) is 18.2 Å². The predicted octanol–water partition coefficient (Wildman–Crippen LogP) is 1.42. The van der Waals surface area contributed by atoms with Gasteiger partial charge in [-0.05, 0) is 24.5 Å². The molecule has 0 bridgehead atoms. The molecule has 0 aliphatic carbocycles. The summed E-state index contributed by atoms with van der Waals surface area (Å²) in [5, 5.41) is 2.63. The van der Waals surface area contributed by atoms with E-state index in [4.69, 9.17) is 0 Å². The Labute approximate surface area is 145 Å². The van der Waals surface area contributed by atoms with Crippen molar-refractivity contribution in [3.05, 3.63) is 59.9 Å². The molecule has 1 aromatic heterocycles. The molecule has 1 aliphatic heterocycles. The summed E-state index contributed by atoms with van der Waals surface area (Å²) < 4.78 is 13.9. The normalized spacial score (nSPS) is 19.7. The average Bonchev–Trinajstić information content (AvgIpc) is 3.10. The zero-order valence-corrected chi connectivity index (χ0v) is 13.9. The highest BCUT2D eigenvalue weighted by molar-refractivity contribution is 5.93. The molecule has 2 aromatic rings. The second kappa shape index (κ2) is 6.96. The Bertz CT molecular complexity index is 784. The predicted molar refractivity (Wildman–Crippen MR) is 88.8 cm³/mol. The SMILES string of the molecule is CNC(=O)[C@@]1(c2cnccn2)CCCN1C(=O)Cc1ccccc1F. The molecule has 2 heterocycles. The minimum absolute atomic E-state index is 0.105. The zero-order valence-electron chi connectivity index (χ0n) is 13.9. The maximum atomic E-state index is 13.9. The second-order valence-electron chi connectivity index (χ2n) is 5.95. The maximum absolute atomic E-state index is 13.9. The minimum Gasteiger partial charge on any atom is -0.357 e. The van der Waals surface area contributed by atoms with Gasteiger partial charge in [-0.15, -0.1) is 0 Å². The van der Waals surface area contributed by atoms with Crippen molar-refractivity contribution in [2.75, 3.05) is 13.6 Å². The Hall–Kier alpha value is -2.83. The molecule has 7 heteroatoms. The fourth-order valence-corrected chi connectivity index (χ4v) is 3.39. The molecular weight excluding hydrogens is 323 g/mol. The largest absolute Gasteiger partial charge is 0.357 e. The standard InChI is InChI=1S/C18H19FN4O2/c1-20-17(25)18(15-12-21-8-9-22-15)7-4-10-23(18)16(24)11-13-5-2-3-6-14(13)19/h2-3,5-6,8-9,12H,4,7,10-11H2,1H3,(H,20,25)/t18-/m0/s1. The van der Waals surface area contributed by atoms with E-state index in [1.807, 2.05) is 0 Å². The number of halogens is 1. The van der Waals surface area contributed by atoms with Gasteiger partial charge in [-0.2, -0.15) is 0 Å². The highest BCUT2D eigenvalue weighted by atomic mass is 19.1. The summed E-state index contributed by atoms with van der Waals surface area (Å²) in [4.78, 5) is 35.4. The van der Waals surface area contributed by atoms with Gasteiger partial charge in [-0.1, -0.05) is 18.2 Å². The molecule has 1 fully saturated rings. The zero-order chi connectivity index (χ0) is 17.9. The number of hydrogen-bond donors (Lipinski definition) is 1. The van der Waals surface area contributed by atoms with Gasteiger partial charge in [0, 0.05) is 26.0 Å². The van der Waals surface area contributed by atoms with E-state index in [9.17, 15) is 14.0 Å². The number of nitrogens with zero attached hydrogens (tertiary/aromatic N) is 3. The summed E-state index contributed by atoms with van der Waals surface area (Å²) in [6.45, 7) is 0.414. The topological polar surface area (TPSA) is 75.2 Å². The van der Waals surface area contributed by atoms with E-state index in [1.54, 1.807) is 18.2 Å². The number of rotatable bonds is 4. The van der Waals surface area contributed by atoms with Crippen molar-refractivity contribution in [1.29, 1.82) is 0 Å². The van der Waals surface area contributed by atoms with Crippen LogP contribution in [0.15, 0.2) is 42.9 Å². The molecule has 130 valence electrons. The third kappa shape index (κ3) is 2.97. The van der Waals surface area contributed by atoms with Gasteiger partial charge in [0.05, 0.1) is 18.3 Å². The Morgan fingerprint density at radius 2 is 2.12 bits per heavy atom. The number of likely N-dealkylation sites (N-methyl/N-ethyl adjacent to an activating group) is 1. The van der Waals surface area contributed by atoms with Crippen LogP contribution in [0.25, 0.3) is 0 Å². The molecular formula is C18H19FN4O2. The molecule has 1 atom stereocenters. The van der Waals surface area contributed by atoms with E-state index in [2.05, 4.69) is 15.3 Å². The number of aromatic nitrogens is 2. The molecule has 1 saturated heterocycles. The summed E-state index contributed by atoms with van der Waals surface area (Å²) in [7, 11) is 1.53. The summed E-state index contributed by atoms with van der Waals surface area (Å²) in [5.74, 6) is -1.05. The molecule has 0 saturated carbocycles. The van der Waals surface area contributed by atoms with Crippen LogP contribution in [-0.2, 0) is 21.5 Å². The third-order valence-corrected chi connectivity index (χ3v) is 4.57. The van der Waals surface area contributed by atoms with E-state index in [0.29, 0.717) is 30.6 Å². The fourth-order valence-electron chi connectivity index (χ4n) is 3.39. The number of likely N-dealkylation sites (tertiary alicyclic amines) is 1. The number of carbonyl (C=O) groups excluding carboxylic acids is 2. The van der Waals surface area contributed by atoms with Crippen LogP contribution in [0.1, 0.15) is 24.1 Å². The Morgan fingerprint density at radius 1 is 1.32 bits per heavy atom. The molecule has 2 amide bonds. The van der Waals surface area contributed by atoms with Crippen LogP contribution in [0.5, 0.6) is 0 Å². The maximum Gasteiger partial charge on any atom is 0.252 e. The van der Waals surface area contributed by atoms with Crippen LogP contribution in [-0.4, -0.2) is 40.3 Å². The van der Waals surface area contributed by atoms with Crippen molar-refractivity contribution in [2.24, 2.45) is 0 Å². The van der Waals surface area contributed by atoms with Gasteiger partial charge in [-0.3, -0.25) is 19.6 Å². The van der Waals surface area contributed by atoms with Crippen molar-refractivity contribution < 1.29 is 14.0 Å². The Balaban J connectivity index is 1.97. The smallest absolute Gasteiger partial charge is 0.252 e. The van der Waals surface area contributed by atoms with E-state index in [0.717, 1.165) is 0 Å². The molecule has 3 rings (SSSR count). The fraction of sp³-hybridized carbons (Fsp3) is 0.333. The number of amides is 2. The molecule has 0 radical (unpaired) electrons. The average molecular weight is 342 g/mol. The third-order valence-electron chi connectivity index (χ3n) is 4.57. The van der Waals surface area contributed by atoms with Crippen LogP contribution in [0.3, 0.4) is 0 Å². The highest BCUT2D eigenvalue weighted by Gasteiger charge is 2.51. The lowest BCUT2D eigenvalue weighted by Gasteiger charge is -2.36. The van der Waals surface area contributed by atoms with Crippen LogP contribution in [0.4, 0.5) is 4.39 Å². The van der Waals surface area contributed by atoms with Gasteiger partial charge in [-0.25, -0.2) is 4.39 Å². The van der Waals surface area contributed by atoms with Crippen LogP contribution < -0.4 is 5.32 Å². The molecule has 1 N–H and O–H groups in total. The number of hydrogen-bond acceptors (Lipinski definition) is 4. The van der Waals surface area contributed by atoms with Crippen molar-refractivity contribution in [1.82, 2.24) is 20.2 Å². The first-order valence-electron chi connectivity index (χ1n) is 8.12. The summed E-state index contributed by atoms with van der Waals surface area (Å²) in [6.07, 6.45) is 5.52. The second-order valence-corrected chi connectivity index (χ2v) is 5.95. The van der Waals surface area contributed by atoms with Gasteiger partial charge in [0.15, 0.2) is 5.54 Å². The van der Waals surface area contributed by atoms with Gasteiger partial charge in [0.1, 0.15) is 5.82 Å². The summed E-state index contributed by atoms with van der Waals surface area (Å²) >= 11 is 0.